The van der Waals surface area contributed by atoms with Crippen LogP contribution in [0.4, 0.5) is 0 Å². The average Bonchev–Trinajstić information content (AvgIpc) is 3.14. The van der Waals surface area contributed by atoms with E-state index in [0.717, 1.165) is 49.9 Å². The molecule has 0 bridgehead atoms. The van der Waals surface area contributed by atoms with Crippen LogP contribution in [0.15, 0.2) is 23.8 Å². The molecule has 1 aliphatic heterocycles. The lowest BCUT2D eigenvalue weighted by Crippen LogP contribution is -2.38. The fraction of sp³-hybridized carbons (Fsp3) is 0.467. The Hall–Kier alpha value is -1.70. The van der Waals surface area contributed by atoms with Crippen molar-refractivity contribution in [1.29, 1.82) is 0 Å². The molecule has 1 aliphatic rings. The lowest BCUT2D eigenvalue weighted by Gasteiger charge is -2.26. The van der Waals surface area contributed by atoms with Gasteiger partial charge in [-0.25, -0.2) is 4.98 Å². The third-order valence-corrected chi connectivity index (χ3v) is 4.41. The normalized spacial score (nSPS) is 16.5. The Morgan fingerprint density at radius 1 is 1.45 bits per heavy atom. The Bertz CT molecular complexity index is 643. The highest BCUT2D eigenvalue weighted by atomic mass is 32.1. The molecule has 0 radical (unpaired) electrons. The van der Waals surface area contributed by atoms with Gasteiger partial charge in [0.15, 0.2) is 4.96 Å². The molecule has 2 aromatic rings. The van der Waals surface area contributed by atoms with Crippen LogP contribution in [0.3, 0.4) is 0 Å². The summed E-state index contributed by atoms with van der Waals surface area (Å²) < 4.78 is 7.27. The van der Waals surface area contributed by atoms with E-state index >= 15 is 0 Å². The molecule has 0 aliphatic carbocycles. The van der Waals surface area contributed by atoms with Crippen molar-refractivity contribution in [3.05, 3.63) is 29.5 Å². The van der Waals surface area contributed by atoms with Gasteiger partial charge in [0, 0.05) is 37.3 Å². The van der Waals surface area contributed by atoms with Crippen molar-refractivity contribution in [3.8, 4) is 0 Å². The van der Waals surface area contributed by atoms with Crippen molar-refractivity contribution in [1.82, 2.24) is 19.6 Å². The predicted octanol–water partition coefficient (Wildman–Crippen LogP) is 1.25. The summed E-state index contributed by atoms with van der Waals surface area (Å²) in [5.74, 6) is -0.0628. The SMILES string of the molecule is O=C(/C=C/c1cnc2sccn12)NCCCN1CCOCC1. The largest absolute Gasteiger partial charge is 0.379 e. The number of hydrogen-bond acceptors (Lipinski definition) is 5. The average molecular weight is 320 g/mol. The number of amides is 1. The molecule has 2 aromatic heterocycles. The number of carbonyl (C=O) groups excluding carboxylic acids is 1. The quantitative estimate of drug-likeness (QED) is 0.643. The van der Waals surface area contributed by atoms with Crippen molar-refractivity contribution in [3.63, 3.8) is 0 Å². The number of aromatic nitrogens is 2. The summed E-state index contributed by atoms with van der Waals surface area (Å²) in [4.78, 5) is 19.4. The molecule has 1 amide bonds. The number of hydrogen-bond donors (Lipinski definition) is 1. The van der Waals surface area contributed by atoms with Crippen LogP contribution in [0, 0.1) is 0 Å². The maximum atomic E-state index is 11.8. The van der Waals surface area contributed by atoms with Crippen molar-refractivity contribution in [2.75, 3.05) is 39.4 Å². The van der Waals surface area contributed by atoms with Gasteiger partial charge in [-0.3, -0.25) is 14.1 Å². The summed E-state index contributed by atoms with van der Waals surface area (Å²) in [6.07, 6.45) is 8.04. The molecule has 3 heterocycles. The molecule has 0 atom stereocenters. The number of carbonyl (C=O) groups is 1. The molecule has 0 aromatic carbocycles. The molecule has 1 N–H and O–H groups in total. The Morgan fingerprint density at radius 2 is 2.32 bits per heavy atom. The van der Waals surface area contributed by atoms with Crippen LogP contribution in [0.25, 0.3) is 11.0 Å². The number of rotatable bonds is 6. The van der Waals surface area contributed by atoms with Crippen molar-refractivity contribution in [2.45, 2.75) is 6.42 Å². The third-order valence-electron chi connectivity index (χ3n) is 3.63. The number of imidazole rings is 1. The first-order chi connectivity index (χ1) is 10.8. The maximum absolute atomic E-state index is 11.8. The number of morpholine rings is 1. The number of fused-ring (bicyclic) bond motifs is 1. The Morgan fingerprint density at radius 3 is 3.18 bits per heavy atom. The summed E-state index contributed by atoms with van der Waals surface area (Å²) in [6, 6.07) is 0. The molecule has 7 heteroatoms. The van der Waals surface area contributed by atoms with Gasteiger partial charge in [-0.05, 0) is 19.0 Å². The number of thiazole rings is 1. The molecule has 0 unspecified atom stereocenters. The lowest BCUT2D eigenvalue weighted by atomic mass is 10.3. The van der Waals surface area contributed by atoms with Gasteiger partial charge in [0.2, 0.25) is 5.91 Å². The summed E-state index contributed by atoms with van der Waals surface area (Å²) in [5, 5.41) is 4.89. The van der Waals surface area contributed by atoms with E-state index in [9.17, 15) is 4.79 Å². The summed E-state index contributed by atoms with van der Waals surface area (Å²) in [5.41, 5.74) is 0.916. The fourth-order valence-electron chi connectivity index (χ4n) is 2.43. The highest BCUT2D eigenvalue weighted by Crippen LogP contribution is 2.13. The smallest absolute Gasteiger partial charge is 0.244 e. The van der Waals surface area contributed by atoms with E-state index in [1.165, 1.54) is 0 Å². The summed E-state index contributed by atoms with van der Waals surface area (Å²) >= 11 is 1.58. The monoisotopic (exact) mass is 320 g/mol. The second-order valence-corrected chi connectivity index (χ2v) is 6.04. The van der Waals surface area contributed by atoms with Crippen LogP contribution >= 0.6 is 11.3 Å². The summed E-state index contributed by atoms with van der Waals surface area (Å²) in [6.45, 7) is 5.32. The Balaban J connectivity index is 1.39. The second-order valence-electron chi connectivity index (χ2n) is 5.17. The maximum Gasteiger partial charge on any atom is 0.244 e. The van der Waals surface area contributed by atoms with E-state index in [-0.39, 0.29) is 5.91 Å². The van der Waals surface area contributed by atoms with Crippen LogP contribution in [-0.4, -0.2) is 59.6 Å². The van der Waals surface area contributed by atoms with E-state index in [0.29, 0.717) is 6.54 Å². The van der Waals surface area contributed by atoms with Gasteiger partial charge in [0.05, 0.1) is 25.1 Å². The van der Waals surface area contributed by atoms with Gasteiger partial charge < -0.3 is 10.1 Å². The zero-order valence-corrected chi connectivity index (χ0v) is 13.2. The second kappa shape index (κ2) is 7.53. The Kier molecular flexibility index (Phi) is 5.20. The van der Waals surface area contributed by atoms with Gasteiger partial charge in [0.25, 0.3) is 0 Å². The van der Waals surface area contributed by atoms with E-state index in [1.807, 2.05) is 16.0 Å². The van der Waals surface area contributed by atoms with E-state index in [2.05, 4.69) is 15.2 Å². The first-order valence-corrected chi connectivity index (χ1v) is 8.37. The fourth-order valence-corrected chi connectivity index (χ4v) is 3.13. The van der Waals surface area contributed by atoms with E-state index < -0.39 is 0 Å². The molecule has 1 saturated heterocycles. The van der Waals surface area contributed by atoms with Crippen molar-refractivity contribution < 1.29 is 9.53 Å². The van der Waals surface area contributed by atoms with Gasteiger partial charge in [0.1, 0.15) is 0 Å². The lowest BCUT2D eigenvalue weighted by molar-refractivity contribution is -0.116. The number of ether oxygens (including phenoxy) is 1. The predicted molar refractivity (Wildman–Crippen MR) is 87.0 cm³/mol. The van der Waals surface area contributed by atoms with Crippen LogP contribution in [0.5, 0.6) is 0 Å². The van der Waals surface area contributed by atoms with Gasteiger partial charge in [-0.2, -0.15) is 0 Å². The van der Waals surface area contributed by atoms with Crippen LogP contribution in [-0.2, 0) is 9.53 Å². The zero-order chi connectivity index (χ0) is 15.2. The minimum absolute atomic E-state index is 0.0628. The van der Waals surface area contributed by atoms with Crippen LogP contribution in [0.2, 0.25) is 0 Å². The molecule has 6 nitrogen and oxygen atoms in total. The first kappa shape index (κ1) is 15.2. The Labute approximate surface area is 133 Å². The third kappa shape index (κ3) is 3.94. The molecule has 1 fully saturated rings. The number of nitrogens with zero attached hydrogens (tertiary/aromatic N) is 3. The topological polar surface area (TPSA) is 58.9 Å². The van der Waals surface area contributed by atoms with E-state index in [4.69, 9.17) is 4.74 Å². The van der Waals surface area contributed by atoms with Gasteiger partial charge in [-0.15, -0.1) is 11.3 Å². The molecular weight excluding hydrogens is 300 g/mol. The van der Waals surface area contributed by atoms with Gasteiger partial charge in [-0.1, -0.05) is 0 Å². The molecule has 0 spiro atoms. The summed E-state index contributed by atoms with van der Waals surface area (Å²) in [7, 11) is 0. The minimum Gasteiger partial charge on any atom is -0.379 e. The molecule has 22 heavy (non-hydrogen) atoms. The van der Waals surface area contributed by atoms with Crippen molar-refractivity contribution in [2.24, 2.45) is 0 Å². The minimum atomic E-state index is -0.0628. The van der Waals surface area contributed by atoms with Crippen LogP contribution < -0.4 is 5.32 Å². The van der Waals surface area contributed by atoms with Crippen LogP contribution in [0.1, 0.15) is 12.1 Å². The van der Waals surface area contributed by atoms with Gasteiger partial charge >= 0.3 is 0 Å². The first-order valence-electron chi connectivity index (χ1n) is 7.49. The van der Waals surface area contributed by atoms with Crippen molar-refractivity contribution >= 4 is 28.3 Å². The molecule has 118 valence electrons. The highest BCUT2D eigenvalue weighted by Gasteiger charge is 2.09. The molecular formula is C15H20N4O2S. The van der Waals surface area contributed by atoms with E-state index in [1.54, 1.807) is 29.7 Å². The standard InChI is InChI=1S/C15H20N4O2S/c20-14(16-4-1-5-18-6-9-21-10-7-18)3-2-13-12-17-15-19(13)8-11-22-15/h2-3,8,11-12H,1,4-7,9-10H2,(H,16,20)/b3-2+. The highest BCUT2D eigenvalue weighted by molar-refractivity contribution is 7.15. The number of nitrogens with one attached hydrogen (secondary N) is 1. The molecule has 3 rings (SSSR count). The molecule has 0 saturated carbocycles. The zero-order valence-electron chi connectivity index (χ0n) is 12.4.